The number of aromatic nitrogens is 2. The van der Waals surface area contributed by atoms with Gasteiger partial charge in [0.25, 0.3) is 0 Å². The normalized spacial score (nSPS) is 21.2. The molecule has 4 nitrogen and oxygen atoms in total. The molecule has 2 aliphatic rings. The van der Waals surface area contributed by atoms with Crippen molar-refractivity contribution in [1.29, 1.82) is 0 Å². The first-order valence-corrected chi connectivity index (χ1v) is 9.18. The topological polar surface area (TPSA) is 41.1 Å². The molecule has 1 aromatic heterocycles. The molecule has 1 aromatic rings. The van der Waals surface area contributed by atoms with E-state index in [0.717, 1.165) is 30.5 Å². The van der Waals surface area contributed by atoms with Gasteiger partial charge in [0.15, 0.2) is 0 Å². The zero-order valence-electron chi connectivity index (χ0n) is 14.0. The van der Waals surface area contributed by atoms with E-state index in [4.69, 9.17) is 4.98 Å². The van der Waals surface area contributed by atoms with Gasteiger partial charge < -0.3 is 10.2 Å². The third kappa shape index (κ3) is 4.34. The Balaban J connectivity index is 1.71. The summed E-state index contributed by atoms with van der Waals surface area (Å²) in [6, 6.07) is 2.70. The lowest BCUT2D eigenvalue weighted by molar-refractivity contribution is 0.614. The average molecular weight is 302 g/mol. The molecule has 1 N–H and O–H groups in total. The predicted molar refractivity (Wildman–Crippen MR) is 92.6 cm³/mol. The van der Waals surface area contributed by atoms with Crippen LogP contribution in [0.5, 0.6) is 0 Å². The summed E-state index contributed by atoms with van der Waals surface area (Å²) in [5, 5.41) is 3.61. The van der Waals surface area contributed by atoms with Gasteiger partial charge in [-0.15, -0.1) is 0 Å². The van der Waals surface area contributed by atoms with E-state index in [9.17, 15) is 0 Å². The molecule has 1 saturated heterocycles. The van der Waals surface area contributed by atoms with Gasteiger partial charge >= 0.3 is 0 Å². The van der Waals surface area contributed by atoms with Crippen LogP contribution >= 0.6 is 0 Å². The van der Waals surface area contributed by atoms with E-state index in [2.05, 4.69) is 28.2 Å². The zero-order valence-corrected chi connectivity index (χ0v) is 14.0. The number of hydrogen-bond acceptors (Lipinski definition) is 4. The van der Waals surface area contributed by atoms with Crippen LogP contribution in [0.2, 0.25) is 0 Å². The summed E-state index contributed by atoms with van der Waals surface area (Å²) in [4.78, 5) is 11.9. The zero-order chi connectivity index (χ0) is 15.2. The summed E-state index contributed by atoms with van der Waals surface area (Å²) in [5.74, 6) is 1.96. The van der Waals surface area contributed by atoms with E-state index >= 15 is 0 Å². The summed E-state index contributed by atoms with van der Waals surface area (Å²) in [6.07, 6.45) is 13.2. The van der Waals surface area contributed by atoms with Crippen LogP contribution in [-0.2, 0) is 0 Å². The van der Waals surface area contributed by atoms with Crippen molar-refractivity contribution < 1.29 is 0 Å². The molecule has 0 spiro atoms. The highest BCUT2D eigenvalue weighted by atomic mass is 15.2. The molecule has 1 aliphatic carbocycles. The molecule has 2 heterocycles. The molecule has 4 heteroatoms. The fraction of sp³-hybridized carbons (Fsp3) is 0.778. The van der Waals surface area contributed by atoms with Crippen LogP contribution < -0.4 is 10.2 Å². The molecule has 2 fully saturated rings. The van der Waals surface area contributed by atoms with E-state index in [0.29, 0.717) is 6.04 Å². The van der Waals surface area contributed by atoms with Crippen molar-refractivity contribution in [3.05, 3.63) is 11.8 Å². The Bertz CT molecular complexity index is 458. The number of rotatable bonds is 3. The number of aryl methyl sites for hydroxylation is 1. The lowest BCUT2D eigenvalue weighted by atomic mass is 10.1. The lowest BCUT2D eigenvalue weighted by Gasteiger charge is -2.23. The van der Waals surface area contributed by atoms with Crippen LogP contribution in [0.25, 0.3) is 0 Å². The van der Waals surface area contributed by atoms with Crippen molar-refractivity contribution in [3.63, 3.8) is 0 Å². The molecule has 0 atom stereocenters. The van der Waals surface area contributed by atoms with Crippen molar-refractivity contribution in [3.8, 4) is 0 Å². The summed E-state index contributed by atoms with van der Waals surface area (Å²) in [6.45, 7) is 4.36. The minimum absolute atomic E-state index is 0.557. The van der Waals surface area contributed by atoms with Crippen LogP contribution in [-0.4, -0.2) is 29.1 Å². The summed E-state index contributed by atoms with van der Waals surface area (Å²) in [7, 11) is 0. The van der Waals surface area contributed by atoms with Gasteiger partial charge in [-0.25, -0.2) is 4.98 Å². The standard InChI is InChI=1S/C18H30N4/c1-15-14-17(22-12-8-4-5-9-13-22)21-18(19-15)20-16-10-6-2-3-7-11-16/h14,16H,2-13H2,1H3,(H,19,20,21). The maximum Gasteiger partial charge on any atom is 0.225 e. The van der Waals surface area contributed by atoms with Gasteiger partial charge in [0.05, 0.1) is 0 Å². The Morgan fingerprint density at radius 1 is 0.909 bits per heavy atom. The molecular weight excluding hydrogens is 272 g/mol. The van der Waals surface area contributed by atoms with Gasteiger partial charge in [-0.1, -0.05) is 38.5 Å². The Morgan fingerprint density at radius 2 is 1.55 bits per heavy atom. The number of anilines is 2. The van der Waals surface area contributed by atoms with Crippen molar-refractivity contribution >= 4 is 11.8 Å². The SMILES string of the molecule is Cc1cc(N2CCCCCC2)nc(NC2CCCCCC2)n1. The van der Waals surface area contributed by atoms with Gasteiger partial charge in [-0.2, -0.15) is 4.98 Å². The van der Waals surface area contributed by atoms with Crippen molar-refractivity contribution in [2.24, 2.45) is 0 Å². The lowest BCUT2D eigenvalue weighted by Crippen LogP contribution is -2.26. The minimum Gasteiger partial charge on any atom is -0.356 e. The second kappa shape index (κ2) is 7.80. The van der Waals surface area contributed by atoms with Gasteiger partial charge in [-0.05, 0) is 32.6 Å². The second-order valence-electron chi connectivity index (χ2n) is 6.93. The van der Waals surface area contributed by atoms with Gasteiger partial charge in [0.1, 0.15) is 5.82 Å². The minimum atomic E-state index is 0.557. The van der Waals surface area contributed by atoms with E-state index < -0.39 is 0 Å². The molecule has 0 amide bonds. The van der Waals surface area contributed by atoms with Gasteiger partial charge in [-0.3, -0.25) is 0 Å². The molecular formula is C18H30N4. The first kappa shape index (κ1) is 15.6. The largest absolute Gasteiger partial charge is 0.356 e. The first-order chi connectivity index (χ1) is 10.8. The molecule has 1 saturated carbocycles. The summed E-state index contributed by atoms with van der Waals surface area (Å²) in [5.41, 5.74) is 1.07. The van der Waals surface area contributed by atoms with Crippen LogP contribution in [0.4, 0.5) is 11.8 Å². The molecule has 122 valence electrons. The Labute approximate surface area is 134 Å². The second-order valence-corrected chi connectivity index (χ2v) is 6.93. The highest BCUT2D eigenvalue weighted by Crippen LogP contribution is 2.23. The van der Waals surface area contributed by atoms with Crippen molar-refractivity contribution in [1.82, 2.24) is 9.97 Å². The number of nitrogens with zero attached hydrogens (tertiary/aromatic N) is 3. The summed E-state index contributed by atoms with van der Waals surface area (Å²) >= 11 is 0. The molecule has 0 radical (unpaired) electrons. The molecule has 0 aromatic carbocycles. The molecule has 3 rings (SSSR count). The molecule has 0 unspecified atom stereocenters. The quantitative estimate of drug-likeness (QED) is 0.845. The maximum atomic E-state index is 4.83. The third-order valence-corrected chi connectivity index (χ3v) is 4.96. The fourth-order valence-electron chi connectivity index (χ4n) is 3.68. The van der Waals surface area contributed by atoms with E-state index in [1.807, 2.05) is 0 Å². The van der Waals surface area contributed by atoms with E-state index in [-0.39, 0.29) is 0 Å². The Kier molecular flexibility index (Phi) is 5.52. The first-order valence-electron chi connectivity index (χ1n) is 9.18. The van der Waals surface area contributed by atoms with Crippen LogP contribution in [0.15, 0.2) is 6.07 Å². The Morgan fingerprint density at radius 3 is 2.23 bits per heavy atom. The highest BCUT2D eigenvalue weighted by molar-refractivity contribution is 5.45. The molecule has 0 bridgehead atoms. The van der Waals surface area contributed by atoms with E-state index in [1.54, 1.807) is 0 Å². The van der Waals surface area contributed by atoms with Crippen molar-refractivity contribution in [2.75, 3.05) is 23.3 Å². The fourth-order valence-corrected chi connectivity index (χ4v) is 3.68. The third-order valence-electron chi connectivity index (χ3n) is 4.96. The van der Waals surface area contributed by atoms with Gasteiger partial charge in [0.2, 0.25) is 5.95 Å². The average Bonchev–Trinajstić information content (AvgIpc) is 2.91. The summed E-state index contributed by atoms with van der Waals surface area (Å²) < 4.78 is 0. The smallest absolute Gasteiger partial charge is 0.225 e. The number of hydrogen-bond donors (Lipinski definition) is 1. The Hall–Kier alpha value is -1.32. The van der Waals surface area contributed by atoms with Gasteiger partial charge in [0, 0.05) is 30.9 Å². The molecule has 22 heavy (non-hydrogen) atoms. The van der Waals surface area contributed by atoms with Crippen molar-refractivity contribution in [2.45, 2.75) is 77.2 Å². The van der Waals surface area contributed by atoms with Crippen LogP contribution in [0, 0.1) is 6.92 Å². The maximum absolute atomic E-state index is 4.83. The molecule has 1 aliphatic heterocycles. The number of nitrogens with one attached hydrogen (secondary N) is 1. The highest BCUT2D eigenvalue weighted by Gasteiger charge is 2.16. The van der Waals surface area contributed by atoms with Crippen LogP contribution in [0.3, 0.4) is 0 Å². The monoisotopic (exact) mass is 302 g/mol. The van der Waals surface area contributed by atoms with E-state index in [1.165, 1.54) is 64.2 Å². The van der Waals surface area contributed by atoms with Crippen LogP contribution in [0.1, 0.15) is 69.9 Å². The predicted octanol–water partition coefficient (Wildman–Crippen LogP) is 4.30.